The van der Waals surface area contributed by atoms with Crippen molar-refractivity contribution in [2.24, 2.45) is 10.9 Å². The van der Waals surface area contributed by atoms with E-state index in [1.165, 1.54) is 6.07 Å². The molecule has 2 aromatic heterocycles. The fourth-order valence-corrected chi connectivity index (χ4v) is 3.86. The predicted molar refractivity (Wildman–Crippen MR) is 116 cm³/mol. The highest BCUT2D eigenvalue weighted by Crippen LogP contribution is 2.30. The molecule has 0 bridgehead atoms. The van der Waals surface area contributed by atoms with Crippen LogP contribution in [0.5, 0.6) is 0 Å². The first-order valence-electron chi connectivity index (χ1n) is 9.71. The van der Waals surface area contributed by atoms with Crippen molar-refractivity contribution < 1.29 is 13.9 Å². The SMILES string of the molecule is COC1=CC2N=CC=C(OCc3nnc4ccc(-c5ccc(F)c(Cl)c5)cn34)C2C=C1. The van der Waals surface area contributed by atoms with Crippen molar-refractivity contribution in [2.45, 2.75) is 12.6 Å². The maximum Gasteiger partial charge on any atom is 0.175 e. The Bertz CT molecular complexity index is 1280. The number of pyridine rings is 1. The van der Waals surface area contributed by atoms with Gasteiger partial charge in [-0.15, -0.1) is 10.2 Å². The Morgan fingerprint density at radius 3 is 2.87 bits per heavy atom. The molecule has 3 aromatic rings. The van der Waals surface area contributed by atoms with Gasteiger partial charge in [-0.3, -0.25) is 9.39 Å². The fraction of sp³-hybridized carbons (Fsp3) is 0.174. The highest BCUT2D eigenvalue weighted by molar-refractivity contribution is 6.31. The van der Waals surface area contributed by atoms with Crippen LogP contribution in [0.4, 0.5) is 4.39 Å². The summed E-state index contributed by atoms with van der Waals surface area (Å²) in [5.41, 5.74) is 2.36. The van der Waals surface area contributed by atoms with Gasteiger partial charge in [-0.05, 0) is 53.6 Å². The van der Waals surface area contributed by atoms with E-state index in [4.69, 9.17) is 21.1 Å². The summed E-state index contributed by atoms with van der Waals surface area (Å²) in [5, 5.41) is 8.56. The van der Waals surface area contributed by atoms with Crippen molar-refractivity contribution in [1.82, 2.24) is 14.6 Å². The van der Waals surface area contributed by atoms with Gasteiger partial charge in [0.05, 0.1) is 24.1 Å². The lowest BCUT2D eigenvalue weighted by molar-refractivity contribution is 0.162. The Labute approximate surface area is 183 Å². The first kappa shape index (κ1) is 19.5. The second-order valence-electron chi connectivity index (χ2n) is 7.20. The largest absolute Gasteiger partial charge is 0.497 e. The summed E-state index contributed by atoms with van der Waals surface area (Å²) in [6, 6.07) is 8.34. The minimum absolute atomic E-state index is 0.0139. The normalized spacial score (nSPS) is 19.7. The highest BCUT2D eigenvalue weighted by atomic mass is 35.5. The van der Waals surface area contributed by atoms with Crippen LogP contribution in [0.25, 0.3) is 16.8 Å². The zero-order valence-electron chi connectivity index (χ0n) is 16.6. The molecule has 0 amide bonds. The van der Waals surface area contributed by atoms with Crippen LogP contribution in [0.1, 0.15) is 5.82 Å². The minimum Gasteiger partial charge on any atom is -0.497 e. The second-order valence-corrected chi connectivity index (χ2v) is 7.60. The van der Waals surface area contributed by atoms with E-state index in [2.05, 4.69) is 15.2 Å². The topological polar surface area (TPSA) is 61.0 Å². The Morgan fingerprint density at radius 1 is 1.16 bits per heavy atom. The Kier molecular flexibility index (Phi) is 5.03. The molecule has 1 aliphatic heterocycles. The van der Waals surface area contributed by atoms with Gasteiger partial charge in [-0.1, -0.05) is 23.7 Å². The molecule has 156 valence electrons. The molecule has 1 aliphatic carbocycles. The molecule has 5 rings (SSSR count). The van der Waals surface area contributed by atoms with Crippen LogP contribution in [-0.2, 0) is 16.1 Å². The van der Waals surface area contributed by atoms with Gasteiger partial charge in [0.25, 0.3) is 0 Å². The molecule has 0 spiro atoms. The molecule has 0 saturated heterocycles. The summed E-state index contributed by atoms with van der Waals surface area (Å²) in [7, 11) is 1.64. The third-order valence-corrected chi connectivity index (χ3v) is 5.62. The second kappa shape index (κ2) is 8.00. The number of methoxy groups -OCH3 is 1. The Hall–Kier alpha value is -3.45. The van der Waals surface area contributed by atoms with Crippen LogP contribution in [0.15, 0.2) is 77.3 Å². The minimum atomic E-state index is -0.447. The Morgan fingerprint density at radius 2 is 2.03 bits per heavy atom. The van der Waals surface area contributed by atoms with Gasteiger partial charge >= 0.3 is 0 Å². The van der Waals surface area contributed by atoms with Crippen molar-refractivity contribution in [3.8, 4) is 11.1 Å². The van der Waals surface area contributed by atoms with Crippen molar-refractivity contribution >= 4 is 23.5 Å². The summed E-state index contributed by atoms with van der Waals surface area (Å²) in [5.74, 6) is 1.81. The maximum atomic E-state index is 13.5. The first-order valence-corrected chi connectivity index (χ1v) is 10.1. The van der Waals surface area contributed by atoms with E-state index >= 15 is 0 Å². The van der Waals surface area contributed by atoms with Gasteiger partial charge in [-0.2, -0.15) is 0 Å². The number of hydrogen-bond acceptors (Lipinski definition) is 5. The smallest absolute Gasteiger partial charge is 0.175 e. The van der Waals surface area contributed by atoms with E-state index in [-0.39, 0.29) is 23.6 Å². The third kappa shape index (κ3) is 3.72. The number of benzene rings is 1. The number of nitrogens with zero attached hydrogens (tertiary/aromatic N) is 4. The van der Waals surface area contributed by atoms with Crippen molar-refractivity contribution in [3.05, 3.63) is 89.0 Å². The first-order chi connectivity index (χ1) is 15.1. The predicted octanol–water partition coefficient (Wildman–Crippen LogP) is 4.76. The number of aromatic nitrogens is 3. The molecule has 0 fully saturated rings. The molecule has 6 nitrogen and oxygen atoms in total. The number of fused-ring (bicyclic) bond motifs is 2. The highest BCUT2D eigenvalue weighted by Gasteiger charge is 2.27. The summed E-state index contributed by atoms with van der Waals surface area (Å²) in [4.78, 5) is 4.49. The van der Waals surface area contributed by atoms with Crippen LogP contribution >= 0.6 is 11.6 Å². The van der Waals surface area contributed by atoms with Gasteiger partial charge < -0.3 is 9.47 Å². The van der Waals surface area contributed by atoms with Crippen molar-refractivity contribution in [3.63, 3.8) is 0 Å². The molecule has 0 radical (unpaired) electrons. The zero-order chi connectivity index (χ0) is 21.4. The molecule has 1 aromatic carbocycles. The van der Waals surface area contributed by atoms with Gasteiger partial charge in [0.15, 0.2) is 11.5 Å². The lowest BCUT2D eigenvalue weighted by Gasteiger charge is -2.27. The molecule has 2 unspecified atom stereocenters. The van der Waals surface area contributed by atoms with E-state index in [0.29, 0.717) is 11.5 Å². The standard InChI is InChI=1S/C23H18ClFN4O2/c1-30-16-4-5-17-20(11-16)26-9-8-21(17)31-13-23-28-27-22-7-3-15(12-29(22)23)14-2-6-19(25)18(24)10-14/h2-12,17,20H,13H2,1H3. The molecule has 0 N–H and O–H groups in total. The maximum absolute atomic E-state index is 13.5. The average molecular weight is 437 g/mol. The molecule has 8 heteroatoms. The van der Waals surface area contributed by atoms with Crippen LogP contribution < -0.4 is 0 Å². The van der Waals surface area contributed by atoms with Gasteiger partial charge in [0.1, 0.15) is 23.9 Å². The summed E-state index contributed by atoms with van der Waals surface area (Å²) >= 11 is 5.94. The number of aliphatic imine (C=N–C) groups is 1. The Balaban J connectivity index is 1.38. The van der Waals surface area contributed by atoms with E-state index in [9.17, 15) is 4.39 Å². The average Bonchev–Trinajstić information content (AvgIpc) is 3.21. The monoisotopic (exact) mass is 436 g/mol. The zero-order valence-corrected chi connectivity index (χ0v) is 17.3. The van der Waals surface area contributed by atoms with E-state index in [0.717, 1.165) is 22.6 Å². The number of allylic oxidation sites excluding steroid dienone is 2. The summed E-state index contributed by atoms with van der Waals surface area (Å²) in [6.45, 7) is 0.242. The van der Waals surface area contributed by atoms with Crippen LogP contribution in [0, 0.1) is 11.7 Å². The summed E-state index contributed by atoms with van der Waals surface area (Å²) < 4.78 is 26.8. The molecule has 2 aliphatic rings. The van der Waals surface area contributed by atoms with Crippen LogP contribution in [0.2, 0.25) is 5.02 Å². The van der Waals surface area contributed by atoms with Crippen molar-refractivity contribution in [1.29, 1.82) is 0 Å². The molecule has 3 heterocycles. The fourth-order valence-electron chi connectivity index (χ4n) is 3.68. The van der Waals surface area contributed by atoms with Crippen molar-refractivity contribution in [2.75, 3.05) is 7.11 Å². The van der Waals surface area contributed by atoms with Gasteiger partial charge in [0.2, 0.25) is 0 Å². The quantitative estimate of drug-likeness (QED) is 0.578. The van der Waals surface area contributed by atoms with Crippen LogP contribution in [-0.4, -0.2) is 34.0 Å². The number of halogens is 2. The number of dihydropyridines is 1. The summed E-state index contributed by atoms with van der Waals surface area (Å²) in [6.07, 6.45) is 11.4. The molecule has 31 heavy (non-hydrogen) atoms. The molecule has 0 saturated carbocycles. The van der Waals surface area contributed by atoms with E-state index < -0.39 is 5.82 Å². The number of rotatable bonds is 5. The lowest BCUT2D eigenvalue weighted by Crippen LogP contribution is -2.24. The molecular weight excluding hydrogens is 419 g/mol. The molecular formula is C23H18ClFN4O2. The lowest BCUT2D eigenvalue weighted by atomic mass is 9.91. The number of ether oxygens (including phenoxy) is 2. The third-order valence-electron chi connectivity index (χ3n) is 5.33. The number of hydrogen-bond donors (Lipinski definition) is 0. The van der Waals surface area contributed by atoms with Gasteiger partial charge in [-0.25, -0.2) is 4.39 Å². The van der Waals surface area contributed by atoms with E-state index in [1.54, 1.807) is 25.5 Å². The van der Waals surface area contributed by atoms with E-state index in [1.807, 2.05) is 47.0 Å². The van der Waals surface area contributed by atoms with Gasteiger partial charge in [0, 0.05) is 12.4 Å². The van der Waals surface area contributed by atoms with Crippen LogP contribution in [0.3, 0.4) is 0 Å². The molecule has 2 atom stereocenters.